The van der Waals surface area contributed by atoms with Gasteiger partial charge < -0.3 is 15.0 Å². The van der Waals surface area contributed by atoms with Crippen LogP contribution >= 0.6 is 23.2 Å². The van der Waals surface area contributed by atoms with E-state index < -0.39 is 28.5 Å². The summed E-state index contributed by atoms with van der Waals surface area (Å²) in [5, 5.41) is 4.05. The maximum absolute atomic E-state index is 14.7. The van der Waals surface area contributed by atoms with Crippen LogP contribution in [0.5, 0.6) is 5.75 Å². The number of halogens is 2. The van der Waals surface area contributed by atoms with E-state index in [0.29, 0.717) is 21.4 Å². The zero-order valence-electron chi connectivity index (χ0n) is 26.7. The zero-order chi connectivity index (χ0) is 34.1. The first-order valence-corrected chi connectivity index (χ1v) is 18.1. The van der Waals surface area contributed by atoms with Crippen molar-refractivity contribution in [1.29, 1.82) is 0 Å². The van der Waals surface area contributed by atoms with Crippen LogP contribution in [0.4, 0.5) is 5.69 Å². The van der Waals surface area contributed by atoms with Crippen LogP contribution in [0.15, 0.2) is 108 Å². The molecule has 0 bridgehead atoms. The number of methoxy groups -OCH3 is 1. The largest absolute Gasteiger partial charge is 0.497 e. The smallest absolute Gasteiger partial charge is 0.264 e. The number of nitrogens with one attached hydrogen (secondary N) is 1. The molecular weight excluding hydrogens is 669 g/mol. The third kappa shape index (κ3) is 8.89. The number of carbonyl (C=O) groups is 2. The normalized spacial score (nSPS) is 14.1. The lowest BCUT2D eigenvalue weighted by Gasteiger charge is -2.35. The van der Waals surface area contributed by atoms with Gasteiger partial charge in [-0.25, -0.2) is 8.42 Å². The van der Waals surface area contributed by atoms with E-state index in [2.05, 4.69) is 5.32 Å². The Morgan fingerprint density at radius 1 is 0.854 bits per heavy atom. The van der Waals surface area contributed by atoms with Crippen LogP contribution in [-0.2, 0) is 32.6 Å². The van der Waals surface area contributed by atoms with E-state index in [-0.39, 0.29) is 35.5 Å². The fourth-order valence-electron chi connectivity index (χ4n) is 5.92. The number of hydrogen-bond acceptors (Lipinski definition) is 5. The molecule has 252 valence electrons. The van der Waals surface area contributed by atoms with Crippen molar-refractivity contribution in [2.45, 2.75) is 62.0 Å². The molecule has 0 spiro atoms. The summed E-state index contributed by atoms with van der Waals surface area (Å²) in [6.07, 6.45) is 5.13. The van der Waals surface area contributed by atoms with Crippen LogP contribution in [0.2, 0.25) is 10.0 Å². The van der Waals surface area contributed by atoms with Crippen LogP contribution in [0.25, 0.3) is 0 Å². The number of benzene rings is 4. The summed E-state index contributed by atoms with van der Waals surface area (Å²) in [7, 11) is -2.78. The molecule has 0 unspecified atom stereocenters. The second kappa shape index (κ2) is 16.4. The SMILES string of the molecule is COc1ccc(S(=O)(=O)N(CC(=O)N(Cc2ccccc2Cl)[C@H](Cc2ccccc2)C(=O)NC2CCCCC2)c2ccc(Cl)cc2)cc1. The third-order valence-electron chi connectivity index (χ3n) is 8.56. The lowest BCUT2D eigenvalue weighted by molar-refractivity contribution is -0.140. The van der Waals surface area contributed by atoms with Crippen molar-refractivity contribution in [3.05, 3.63) is 124 Å². The molecule has 0 aromatic heterocycles. The molecule has 11 heteroatoms. The molecule has 5 rings (SSSR count). The van der Waals surface area contributed by atoms with Crippen molar-refractivity contribution >= 4 is 50.7 Å². The fraction of sp³-hybridized carbons (Fsp3) is 0.297. The molecule has 8 nitrogen and oxygen atoms in total. The number of rotatable bonds is 13. The lowest BCUT2D eigenvalue weighted by atomic mass is 9.94. The van der Waals surface area contributed by atoms with Crippen molar-refractivity contribution in [2.24, 2.45) is 0 Å². The predicted molar refractivity (Wildman–Crippen MR) is 190 cm³/mol. The van der Waals surface area contributed by atoms with Gasteiger partial charge in [-0.1, -0.05) is 91.0 Å². The fourth-order valence-corrected chi connectivity index (χ4v) is 7.66. The highest BCUT2D eigenvalue weighted by Crippen LogP contribution is 2.28. The Morgan fingerprint density at radius 3 is 2.15 bits per heavy atom. The molecule has 1 fully saturated rings. The van der Waals surface area contributed by atoms with E-state index in [0.717, 1.165) is 42.0 Å². The second-order valence-electron chi connectivity index (χ2n) is 11.8. The van der Waals surface area contributed by atoms with Crippen molar-refractivity contribution in [2.75, 3.05) is 18.0 Å². The van der Waals surface area contributed by atoms with Crippen molar-refractivity contribution in [3.63, 3.8) is 0 Å². The van der Waals surface area contributed by atoms with Gasteiger partial charge in [0, 0.05) is 29.1 Å². The molecule has 0 heterocycles. The van der Waals surface area contributed by atoms with Gasteiger partial charge >= 0.3 is 0 Å². The summed E-state index contributed by atoms with van der Waals surface area (Å²) in [6.45, 7) is -0.590. The van der Waals surface area contributed by atoms with Gasteiger partial charge in [0.2, 0.25) is 11.8 Å². The quantitative estimate of drug-likeness (QED) is 0.158. The van der Waals surface area contributed by atoms with Gasteiger partial charge in [0.05, 0.1) is 17.7 Å². The Bertz CT molecular complexity index is 1780. The molecule has 2 amide bonds. The van der Waals surface area contributed by atoms with Gasteiger partial charge in [0.15, 0.2) is 0 Å². The molecule has 1 atom stereocenters. The highest BCUT2D eigenvalue weighted by Gasteiger charge is 2.35. The Morgan fingerprint density at radius 2 is 1.50 bits per heavy atom. The van der Waals surface area contributed by atoms with Gasteiger partial charge in [-0.05, 0) is 78.6 Å². The minimum Gasteiger partial charge on any atom is -0.497 e. The Kier molecular flexibility index (Phi) is 12.0. The first-order valence-electron chi connectivity index (χ1n) is 16.0. The lowest BCUT2D eigenvalue weighted by Crippen LogP contribution is -2.55. The van der Waals surface area contributed by atoms with Crippen LogP contribution in [0.3, 0.4) is 0 Å². The first-order chi connectivity index (χ1) is 23.2. The molecule has 0 radical (unpaired) electrons. The molecule has 1 N–H and O–H groups in total. The number of nitrogens with zero attached hydrogens (tertiary/aromatic N) is 2. The highest BCUT2D eigenvalue weighted by molar-refractivity contribution is 7.92. The summed E-state index contributed by atoms with van der Waals surface area (Å²) in [4.78, 5) is 30.3. The minimum atomic E-state index is -4.27. The van der Waals surface area contributed by atoms with Crippen molar-refractivity contribution in [1.82, 2.24) is 10.2 Å². The molecule has 1 aliphatic rings. The van der Waals surface area contributed by atoms with Gasteiger partial charge in [0.1, 0.15) is 18.3 Å². The molecule has 48 heavy (non-hydrogen) atoms. The standard InChI is InChI=1S/C37H39Cl2N3O5S/c1-47-32-20-22-33(23-21-32)48(45,46)42(31-18-16-29(38)17-19-31)26-36(43)41(25-28-12-8-9-15-34(28)39)35(24-27-10-4-2-5-11-27)37(44)40-30-13-6-3-7-14-30/h2,4-5,8-12,15-23,30,35H,3,6-7,13-14,24-26H2,1H3,(H,40,44)/t35-/m1/s1. The van der Waals surface area contributed by atoms with Crippen molar-refractivity contribution in [3.8, 4) is 5.75 Å². The van der Waals surface area contributed by atoms with Crippen LogP contribution in [-0.4, -0.2) is 50.9 Å². The topological polar surface area (TPSA) is 96.0 Å². The van der Waals surface area contributed by atoms with E-state index in [1.165, 1.54) is 24.1 Å². The molecule has 1 aliphatic carbocycles. The molecule has 4 aromatic rings. The summed E-state index contributed by atoms with van der Waals surface area (Å²) < 4.78 is 34.7. The van der Waals surface area contributed by atoms with Crippen LogP contribution < -0.4 is 14.4 Å². The van der Waals surface area contributed by atoms with E-state index in [9.17, 15) is 18.0 Å². The number of amides is 2. The molecular formula is C37H39Cl2N3O5S. The van der Waals surface area contributed by atoms with Gasteiger partial charge in [-0.3, -0.25) is 13.9 Å². The van der Waals surface area contributed by atoms with Gasteiger partial charge in [0.25, 0.3) is 10.0 Å². The number of ether oxygens (including phenoxy) is 1. The summed E-state index contributed by atoms with van der Waals surface area (Å²) in [5.41, 5.74) is 1.73. The molecule has 0 saturated heterocycles. The maximum atomic E-state index is 14.7. The number of carbonyl (C=O) groups excluding carboxylic acids is 2. The molecule has 1 saturated carbocycles. The van der Waals surface area contributed by atoms with E-state index in [1.807, 2.05) is 36.4 Å². The third-order valence-corrected chi connectivity index (χ3v) is 11.0. The first kappa shape index (κ1) is 35.3. The zero-order valence-corrected chi connectivity index (χ0v) is 29.1. The predicted octanol–water partition coefficient (Wildman–Crippen LogP) is 7.29. The van der Waals surface area contributed by atoms with Crippen LogP contribution in [0.1, 0.15) is 43.2 Å². The van der Waals surface area contributed by atoms with E-state index in [1.54, 1.807) is 54.6 Å². The summed E-state index contributed by atoms with van der Waals surface area (Å²) >= 11 is 12.8. The average Bonchev–Trinajstić information content (AvgIpc) is 3.10. The minimum absolute atomic E-state index is 0.00260. The average molecular weight is 709 g/mol. The Balaban J connectivity index is 1.56. The molecule has 4 aromatic carbocycles. The Labute approximate surface area is 292 Å². The van der Waals surface area contributed by atoms with Crippen LogP contribution in [0, 0.1) is 0 Å². The maximum Gasteiger partial charge on any atom is 0.264 e. The summed E-state index contributed by atoms with van der Waals surface area (Å²) in [5.74, 6) is -0.370. The second-order valence-corrected chi connectivity index (χ2v) is 14.5. The van der Waals surface area contributed by atoms with Gasteiger partial charge in [-0.15, -0.1) is 0 Å². The number of sulfonamides is 1. The summed E-state index contributed by atoms with van der Waals surface area (Å²) in [6, 6.07) is 27.8. The number of anilines is 1. The van der Waals surface area contributed by atoms with E-state index >= 15 is 0 Å². The van der Waals surface area contributed by atoms with E-state index in [4.69, 9.17) is 27.9 Å². The Hall–Kier alpha value is -4.05. The van der Waals surface area contributed by atoms with Crippen molar-refractivity contribution < 1.29 is 22.7 Å². The van der Waals surface area contributed by atoms with Gasteiger partial charge in [-0.2, -0.15) is 0 Å². The highest BCUT2D eigenvalue weighted by atomic mass is 35.5. The monoisotopic (exact) mass is 707 g/mol. The molecule has 0 aliphatic heterocycles. The number of hydrogen-bond donors (Lipinski definition) is 1.